The Morgan fingerprint density at radius 1 is 0.623 bits per heavy atom. The molecule has 4 aromatic carbocycles. The number of likely N-dealkylation sites (tertiary alicyclic amines) is 2. The van der Waals surface area contributed by atoms with Gasteiger partial charge in [0.15, 0.2) is 11.6 Å². The monoisotopic (exact) mass is 926 g/mol. The summed E-state index contributed by atoms with van der Waals surface area (Å²) in [7, 11) is 1.34. The van der Waals surface area contributed by atoms with E-state index in [9.17, 15) is 19.2 Å². The molecule has 0 aliphatic carbocycles. The van der Waals surface area contributed by atoms with E-state index in [1.54, 1.807) is 61.2 Å². The van der Waals surface area contributed by atoms with Crippen LogP contribution in [0.2, 0.25) is 0 Å². The molecule has 0 unspecified atom stereocenters. The average molecular weight is 927 g/mol. The molecule has 2 fully saturated rings. The molecule has 0 amide bonds. The van der Waals surface area contributed by atoms with Gasteiger partial charge in [0.2, 0.25) is 0 Å². The topological polar surface area (TPSA) is 194 Å². The molecular weight excluding hydrogens is 868 g/mol. The molecule has 2 aliphatic rings. The number of hydrogen-bond donors (Lipinski definition) is 3. The van der Waals surface area contributed by atoms with Gasteiger partial charge >= 0.3 is 30.8 Å². The summed E-state index contributed by atoms with van der Waals surface area (Å²) in [5.41, 5.74) is 6.54. The molecule has 6 aromatic rings. The van der Waals surface area contributed by atoms with E-state index >= 15 is 0 Å². The number of nitrogens with zero attached hydrogens (tertiary/aromatic N) is 6. The first-order valence-corrected chi connectivity index (χ1v) is 22.6. The predicted molar refractivity (Wildman–Crippen MR) is 266 cm³/mol. The Kier molecular flexibility index (Phi) is 20.0. The number of rotatable bonds is 14. The Labute approximate surface area is 414 Å². The van der Waals surface area contributed by atoms with Crippen molar-refractivity contribution in [1.82, 2.24) is 28.9 Å². The van der Waals surface area contributed by atoms with Gasteiger partial charge in [-0.25, -0.2) is 19.6 Å². The number of carbonyl (C=O) groups excluding carboxylic acids is 1. The Bertz CT molecular complexity index is 2770. The van der Waals surface area contributed by atoms with Crippen LogP contribution in [0.15, 0.2) is 155 Å². The number of ether oxygens (including phenoxy) is 1. The number of anilines is 2. The molecule has 69 heavy (non-hydrogen) atoms. The Morgan fingerprint density at radius 3 is 1.36 bits per heavy atom. The molecule has 8 rings (SSSR count). The molecule has 0 atom stereocenters. The number of aromatic carboxylic acids is 1. The quantitative estimate of drug-likeness (QED) is 0.100. The smallest absolute Gasteiger partial charge is 0.870 e. The summed E-state index contributed by atoms with van der Waals surface area (Å²) in [5.74, 6) is -0.743. The minimum atomic E-state index is -0.997. The first kappa shape index (κ1) is 53.1. The molecule has 354 valence electrons. The molecule has 4 heterocycles. The second-order valence-electron chi connectivity index (χ2n) is 17.0. The third-order valence-electron chi connectivity index (χ3n) is 11.9. The fourth-order valence-electron chi connectivity index (χ4n) is 8.39. The second-order valence-corrected chi connectivity index (χ2v) is 17.0. The van der Waals surface area contributed by atoms with Gasteiger partial charge < -0.3 is 26.0 Å². The van der Waals surface area contributed by atoms with Gasteiger partial charge in [0.05, 0.1) is 18.2 Å². The summed E-state index contributed by atoms with van der Waals surface area (Å²) in [5, 5.41) is 15.7. The molecule has 2 saturated heterocycles. The number of piperidine rings is 2. The summed E-state index contributed by atoms with van der Waals surface area (Å²) < 4.78 is 7.74. The first-order valence-electron chi connectivity index (χ1n) is 22.6. The number of carboxylic acids is 1. The van der Waals surface area contributed by atoms with Crippen molar-refractivity contribution in [3.05, 3.63) is 188 Å². The zero-order chi connectivity index (χ0) is 47.1. The fourth-order valence-corrected chi connectivity index (χ4v) is 8.39. The number of carboxylic acid groups (broad SMARTS) is 1. The van der Waals surface area contributed by atoms with Gasteiger partial charge in [-0.2, -0.15) is 0 Å². The Hall–Kier alpha value is -6.86. The number of aromatic nitrogens is 4. The van der Waals surface area contributed by atoms with Crippen molar-refractivity contribution in [2.24, 2.45) is 0 Å². The van der Waals surface area contributed by atoms with Crippen LogP contribution in [0.5, 0.6) is 0 Å². The maximum Gasteiger partial charge on any atom is 1.00 e. The van der Waals surface area contributed by atoms with Gasteiger partial charge in [0.1, 0.15) is 0 Å². The number of hydrogen-bond acceptors (Lipinski definition) is 12. The van der Waals surface area contributed by atoms with E-state index in [0.717, 1.165) is 65.0 Å². The molecular formula is C53H59LiN8O7. The summed E-state index contributed by atoms with van der Waals surface area (Å²) in [4.78, 5) is 62.1. The van der Waals surface area contributed by atoms with E-state index in [-0.39, 0.29) is 53.1 Å². The maximum atomic E-state index is 13.0. The van der Waals surface area contributed by atoms with E-state index in [2.05, 4.69) is 92.8 Å². The van der Waals surface area contributed by atoms with E-state index in [1.165, 1.54) is 50.6 Å². The van der Waals surface area contributed by atoms with Crippen molar-refractivity contribution < 1.29 is 43.8 Å². The van der Waals surface area contributed by atoms with Gasteiger partial charge in [-0.15, -0.1) is 0 Å². The fraction of sp³-hybridized carbons (Fsp3) is 0.283. The molecule has 0 bridgehead atoms. The van der Waals surface area contributed by atoms with E-state index in [1.807, 2.05) is 24.3 Å². The van der Waals surface area contributed by atoms with Gasteiger partial charge in [-0.3, -0.25) is 28.5 Å². The van der Waals surface area contributed by atoms with Crippen LogP contribution in [-0.4, -0.2) is 110 Å². The maximum absolute atomic E-state index is 13.0. The van der Waals surface area contributed by atoms with Crippen LogP contribution in [0, 0.1) is 0 Å². The van der Waals surface area contributed by atoms with Crippen LogP contribution in [0.25, 0.3) is 23.5 Å². The normalized spacial score (nSPS) is 14.8. The molecule has 0 radical (unpaired) electrons. The third kappa shape index (κ3) is 15.1. The minimum Gasteiger partial charge on any atom is -0.870 e. The number of carbonyl (C=O) groups is 2. The van der Waals surface area contributed by atoms with Crippen molar-refractivity contribution in [3.63, 3.8) is 0 Å². The average Bonchev–Trinajstić information content (AvgIpc) is 3.34. The number of esters is 1. The molecule has 0 spiro atoms. The SMILES string of the molecule is C/C(=C\c1ccccc1)CN1CCC(Nc2nccn(-c3ccc(C(=O)O)cc3)c2=O)CC1.COC(=O)c1ccc(-n2ccnc(NC3CCN(C/C(C)=C/c4ccccc4)CC3)c2=O)cc1.[Li+].[OH-]. The van der Waals surface area contributed by atoms with Crippen LogP contribution in [0.4, 0.5) is 11.6 Å². The number of benzene rings is 4. The summed E-state index contributed by atoms with van der Waals surface area (Å²) in [6.07, 6.45) is 14.6. The number of methoxy groups -OCH3 is 1. The Morgan fingerprint density at radius 2 is 1.00 bits per heavy atom. The van der Waals surface area contributed by atoms with Crippen molar-refractivity contribution in [3.8, 4) is 11.4 Å². The van der Waals surface area contributed by atoms with Crippen LogP contribution < -0.4 is 40.6 Å². The molecule has 0 saturated carbocycles. The van der Waals surface area contributed by atoms with Crippen molar-refractivity contribution in [2.45, 2.75) is 51.6 Å². The zero-order valence-corrected chi connectivity index (χ0v) is 39.7. The molecule has 2 aromatic heterocycles. The Balaban J connectivity index is 0.000000250. The van der Waals surface area contributed by atoms with Crippen molar-refractivity contribution >= 4 is 35.7 Å². The summed E-state index contributed by atoms with van der Waals surface area (Å²) in [6.45, 7) is 10.1. The van der Waals surface area contributed by atoms with Crippen LogP contribution in [0.3, 0.4) is 0 Å². The van der Waals surface area contributed by atoms with Gasteiger partial charge in [-0.1, -0.05) is 84.0 Å². The first-order chi connectivity index (χ1) is 32.5. The number of nitrogens with one attached hydrogen (secondary N) is 2. The van der Waals surface area contributed by atoms with Crippen LogP contribution in [-0.2, 0) is 4.74 Å². The standard InChI is InChI=1S/C27H30N4O3.C26H28N4O3.Li.H2O/c1-20(18-21-6-4-3-5-7-21)19-30-15-12-23(13-16-30)29-25-26(32)31(17-14-28-25)24-10-8-22(9-11-24)27(33)34-2;1-19(17-20-5-3-2-4-6-20)18-29-14-11-22(12-15-29)28-24-25(31)30(16-13-27-24)23-9-7-21(8-10-23)26(32)33;;/h3-11,14,17-18,23H,12-13,15-16,19H2,1-2H3,(H,28,29);2-10,13,16-17,22H,11-12,14-15,18H2,1H3,(H,27,28)(H,32,33);;1H2/q;;+1;/p-1/b20-18+;19-17+;;. The molecule has 4 N–H and O–H groups in total. The van der Waals surface area contributed by atoms with Gasteiger partial charge in [0, 0.05) is 87.5 Å². The second kappa shape index (κ2) is 26.0. The van der Waals surface area contributed by atoms with Gasteiger partial charge in [0.25, 0.3) is 11.1 Å². The molecule has 2 aliphatic heterocycles. The summed E-state index contributed by atoms with van der Waals surface area (Å²) >= 11 is 0. The molecule has 16 heteroatoms. The minimum absolute atomic E-state index is 0. The van der Waals surface area contributed by atoms with Crippen molar-refractivity contribution in [1.29, 1.82) is 0 Å². The molecule has 15 nitrogen and oxygen atoms in total. The van der Waals surface area contributed by atoms with E-state index in [0.29, 0.717) is 28.6 Å². The van der Waals surface area contributed by atoms with Crippen LogP contribution in [0.1, 0.15) is 71.4 Å². The van der Waals surface area contributed by atoms with Crippen molar-refractivity contribution in [2.75, 3.05) is 57.0 Å². The van der Waals surface area contributed by atoms with E-state index < -0.39 is 11.9 Å². The third-order valence-corrected chi connectivity index (χ3v) is 11.9. The van der Waals surface area contributed by atoms with Gasteiger partial charge in [-0.05, 0) is 99.2 Å². The zero-order valence-electron chi connectivity index (χ0n) is 39.7. The van der Waals surface area contributed by atoms with Crippen LogP contribution >= 0.6 is 0 Å². The largest absolute Gasteiger partial charge is 1.00 e. The summed E-state index contributed by atoms with van der Waals surface area (Å²) in [6, 6.07) is 34.1. The van der Waals surface area contributed by atoms with E-state index in [4.69, 9.17) is 9.84 Å². The predicted octanol–water partition coefficient (Wildman–Crippen LogP) is 4.74.